The molecule has 1 rings (SSSR count). The van der Waals surface area contributed by atoms with Gasteiger partial charge in [0.25, 0.3) is 0 Å². The van der Waals surface area contributed by atoms with E-state index in [0.29, 0.717) is 6.04 Å². The SMILES string of the molecule is CC(O)C1CCCCN1C[Si](C)(C)C. The van der Waals surface area contributed by atoms with E-state index in [-0.39, 0.29) is 6.10 Å². The highest BCUT2D eigenvalue weighted by molar-refractivity contribution is 6.76. The average Bonchev–Trinajstić information content (AvgIpc) is 2.01. The van der Waals surface area contributed by atoms with Crippen LogP contribution in [0.2, 0.25) is 19.6 Å². The minimum Gasteiger partial charge on any atom is -0.392 e. The van der Waals surface area contributed by atoms with Crippen molar-refractivity contribution in [3.05, 3.63) is 0 Å². The van der Waals surface area contributed by atoms with E-state index in [4.69, 9.17) is 0 Å². The van der Waals surface area contributed by atoms with E-state index in [1.165, 1.54) is 32.0 Å². The summed E-state index contributed by atoms with van der Waals surface area (Å²) in [5.74, 6) is 0. The Bertz CT molecular complexity index is 177. The molecule has 0 aromatic rings. The number of hydrogen-bond donors (Lipinski definition) is 1. The number of likely N-dealkylation sites (tertiary alicyclic amines) is 1. The van der Waals surface area contributed by atoms with Crippen LogP contribution < -0.4 is 0 Å². The van der Waals surface area contributed by atoms with Crippen molar-refractivity contribution in [3.63, 3.8) is 0 Å². The van der Waals surface area contributed by atoms with Gasteiger partial charge in [0.1, 0.15) is 0 Å². The molecule has 14 heavy (non-hydrogen) atoms. The molecule has 2 unspecified atom stereocenters. The van der Waals surface area contributed by atoms with Crippen LogP contribution in [0.3, 0.4) is 0 Å². The van der Waals surface area contributed by atoms with Gasteiger partial charge in [-0.05, 0) is 32.5 Å². The number of nitrogens with zero attached hydrogens (tertiary/aromatic N) is 1. The van der Waals surface area contributed by atoms with Gasteiger partial charge in [-0.3, -0.25) is 0 Å². The lowest BCUT2D eigenvalue weighted by atomic mass is 9.99. The molecule has 1 aliphatic rings. The lowest BCUT2D eigenvalue weighted by molar-refractivity contribution is 0.0466. The van der Waals surface area contributed by atoms with Gasteiger partial charge in [-0.1, -0.05) is 26.1 Å². The monoisotopic (exact) mass is 215 g/mol. The van der Waals surface area contributed by atoms with Crippen molar-refractivity contribution in [1.82, 2.24) is 4.90 Å². The third-order valence-corrected chi connectivity index (χ3v) is 4.25. The van der Waals surface area contributed by atoms with Gasteiger partial charge in [-0.25, -0.2) is 0 Å². The fourth-order valence-electron chi connectivity index (χ4n) is 2.37. The van der Waals surface area contributed by atoms with Gasteiger partial charge in [0.2, 0.25) is 0 Å². The summed E-state index contributed by atoms with van der Waals surface area (Å²) in [4.78, 5) is 2.53. The number of aliphatic hydroxyl groups is 1. The molecule has 84 valence electrons. The highest BCUT2D eigenvalue weighted by Gasteiger charge is 2.29. The minimum atomic E-state index is -1.02. The maximum atomic E-state index is 9.72. The second kappa shape index (κ2) is 4.77. The van der Waals surface area contributed by atoms with Crippen molar-refractivity contribution in [3.8, 4) is 0 Å². The van der Waals surface area contributed by atoms with Crippen molar-refractivity contribution < 1.29 is 5.11 Å². The van der Waals surface area contributed by atoms with E-state index in [0.717, 1.165) is 0 Å². The number of hydrogen-bond acceptors (Lipinski definition) is 2. The van der Waals surface area contributed by atoms with E-state index in [1.807, 2.05) is 6.92 Å². The Kier molecular flexibility index (Phi) is 4.16. The highest BCUT2D eigenvalue weighted by Crippen LogP contribution is 2.21. The molecule has 1 saturated heterocycles. The van der Waals surface area contributed by atoms with E-state index in [2.05, 4.69) is 24.5 Å². The topological polar surface area (TPSA) is 23.5 Å². The van der Waals surface area contributed by atoms with Crippen LogP contribution >= 0.6 is 0 Å². The van der Waals surface area contributed by atoms with E-state index >= 15 is 0 Å². The zero-order valence-corrected chi connectivity index (χ0v) is 11.1. The van der Waals surface area contributed by atoms with E-state index in [9.17, 15) is 5.11 Å². The summed E-state index contributed by atoms with van der Waals surface area (Å²) >= 11 is 0. The molecule has 1 heterocycles. The van der Waals surface area contributed by atoms with Crippen LogP contribution in [0.15, 0.2) is 0 Å². The number of piperidine rings is 1. The number of aliphatic hydroxyl groups excluding tert-OH is 1. The molecular weight excluding hydrogens is 190 g/mol. The van der Waals surface area contributed by atoms with Gasteiger partial charge in [0.05, 0.1) is 14.2 Å². The standard InChI is InChI=1S/C11H25NOSi/c1-10(13)11-7-5-6-8-12(11)9-14(2,3)4/h10-11,13H,5-9H2,1-4H3. The molecule has 1 N–H and O–H groups in total. The fourth-order valence-corrected chi connectivity index (χ4v) is 3.98. The van der Waals surface area contributed by atoms with Crippen LogP contribution in [0.25, 0.3) is 0 Å². The molecule has 0 spiro atoms. The van der Waals surface area contributed by atoms with Gasteiger partial charge in [-0.2, -0.15) is 0 Å². The molecule has 2 nitrogen and oxygen atoms in total. The first-order valence-electron chi connectivity index (χ1n) is 5.82. The Morgan fingerprint density at radius 1 is 1.36 bits per heavy atom. The van der Waals surface area contributed by atoms with Gasteiger partial charge in [0, 0.05) is 6.04 Å². The van der Waals surface area contributed by atoms with Crippen LogP contribution in [-0.2, 0) is 0 Å². The Hall–Kier alpha value is 0.137. The minimum absolute atomic E-state index is 0.161. The molecule has 0 bridgehead atoms. The van der Waals surface area contributed by atoms with Crippen LogP contribution in [0.5, 0.6) is 0 Å². The van der Waals surface area contributed by atoms with Crippen molar-refractivity contribution in [1.29, 1.82) is 0 Å². The van der Waals surface area contributed by atoms with Gasteiger partial charge >= 0.3 is 0 Å². The van der Waals surface area contributed by atoms with Crippen LogP contribution in [-0.4, -0.2) is 42.9 Å². The summed E-state index contributed by atoms with van der Waals surface area (Å²) < 4.78 is 0. The molecule has 0 aliphatic carbocycles. The molecule has 0 aromatic carbocycles. The second-order valence-corrected chi connectivity index (χ2v) is 11.3. The smallest absolute Gasteiger partial charge is 0.0667 e. The predicted molar refractivity (Wildman–Crippen MR) is 64.2 cm³/mol. The van der Waals surface area contributed by atoms with Crippen LogP contribution in [0.1, 0.15) is 26.2 Å². The molecule has 3 heteroatoms. The maximum Gasteiger partial charge on any atom is 0.0667 e. The van der Waals surface area contributed by atoms with Gasteiger partial charge in [-0.15, -0.1) is 0 Å². The Labute approximate surface area is 89.3 Å². The first-order chi connectivity index (χ1) is 6.40. The van der Waals surface area contributed by atoms with Crippen molar-refractivity contribution >= 4 is 8.07 Å². The molecular formula is C11H25NOSi. The third-order valence-electron chi connectivity index (χ3n) is 2.90. The fraction of sp³-hybridized carbons (Fsp3) is 1.00. The van der Waals surface area contributed by atoms with E-state index in [1.54, 1.807) is 0 Å². The molecule has 2 atom stereocenters. The van der Waals surface area contributed by atoms with Crippen LogP contribution in [0.4, 0.5) is 0 Å². The average molecular weight is 215 g/mol. The first kappa shape index (κ1) is 12.2. The Morgan fingerprint density at radius 3 is 2.50 bits per heavy atom. The largest absolute Gasteiger partial charge is 0.392 e. The zero-order valence-electron chi connectivity index (χ0n) is 10.1. The quantitative estimate of drug-likeness (QED) is 0.729. The van der Waals surface area contributed by atoms with Crippen molar-refractivity contribution in [2.45, 2.75) is 58.0 Å². The second-order valence-electron chi connectivity index (χ2n) is 5.83. The molecule has 0 radical (unpaired) electrons. The first-order valence-corrected chi connectivity index (χ1v) is 9.53. The predicted octanol–water partition coefficient (Wildman–Crippen LogP) is 2.10. The van der Waals surface area contributed by atoms with Crippen molar-refractivity contribution in [2.24, 2.45) is 0 Å². The zero-order chi connectivity index (χ0) is 10.8. The summed E-state index contributed by atoms with van der Waals surface area (Å²) in [6.07, 6.45) is 4.86. The summed E-state index contributed by atoms with van der Waals surface area (Å²) in [5.41, 5.74) is 0. The molecule has 1 aliphatic heterocycles. The summed E-state index contributed by atoms with van der Waals surface area (Å²) in [6, 6.07) is 0.426. The Morgan fingerprint density at radius 2 is 2.00 bits per heavy atom. The highest BCUT2D eigenvalue weighted by atomic mass is 28.3. The summed E-state index contributed by atoms with van der Waals surface area (Å²) in [6.45, 7) is 10.3. The lowest BCUT2D eigenvalue weighted by Gasteiger charge is -2.40. The van der Waals surface area contributed by atoms with Crippen molar-refractivity contribution in [2.75, 3.05) is 12.7 Å². The summed E-state index contributed by atoms with van der Waals surface area (Å²) in [7, 11) is -1.02. The maximum absolute atomic E-state index is 9.72. The summed E-state index contributed by atoms with van der Waals surface area (Å²) in [5, 5.41) is 9.72. The van der Waals surface area contributed by atoms with E-state index < -0.39 is 8.07 Å². The number of rotatable bonds is 3. The van der Waals surface area contributed by atoms with Gasteiger partial charge < -0.3 is 10.0 Å². The normalized spacial score (nSPS) is 27.6. The molecule has 0 aromatic heterocycles. The molecule has 0 saturated carbocycles. The van der Waals surface area contributed by atoms with Crippen LogP contribution in [0, 0.1) is 0 Å². The Balaban J connectivity index is 2.54. The molecule has 0 amide bonds. The third kappa shape index (κ3) is 3.71. The molecule has 1 fully saturated rings. The van der Waals surface area contributed by atoms with Gasteiger partial charge in [0.15, 0.2) is 0 Å². The lowest BCUT2D eigenvalue weighted by Crippen LogP contribution is -2.51.